The molecule has 2 aromatic rings. The summed E-state index contributed by atoms with van der Waals surface area (Å²) < 4.78 is 11.3. The fraction of sp³-hybridized carbons (Fsp3) is 0.522. The number of thiophene rings is 1. The lowest BCUT2D eigenvalue weighted by Crippen LogP contribution is -2.48. The Labute approximate surface area is 183 Å². The van der Waals surface area contributed by atoms with Crippen LogP contribution in [0.4, 0.5) is 0 Å². The average molecular weight is 433 g/mol. The molecule has 3 rings (SSSR count). The molecule has 1 aliphatic rings. The predicted molar refractivity (Wildman–Crippen MR) is 119 cm³/mol. The molecule has 0 saturated heterocycles. The molecule has 7 heteroatoms. The molecule has 30 heavy (non-hydrogen) atoms. The second-order valence-corrected chi connectivity index (χ2v) is 8.86. The lowest BCUT2D eigenvalue weighted by Gasteiger charge is -2.37. The first-order chi connectivity index (χ1) is 14.5. The van der Waals surface area contributed by atoms with Gasteiger partial charge in [-0.15, -0.1) is 11.3 Å². The first-order valence-electron chi connectivity index (χ1n) is 10.4. The molecule has 164 valence electrons. The molecular formula is C23H32N2O4S. The Balaban J connectivity index is 1.72. The minimum absolute atomic E-state index is 0.0569. The van der Waals surface area contributed by atoms with Gasteiger partial charge in [-0.3, -0.25) is 9.69 Å². The van der Waals surface area contributed by atoms with E-state index in [4.69, 9.17) is 9.47 Å². The summed E-state index contributed by atoms with van der Waals surface area (Å²) in [6.07, 6.45) is 0.369. The number of aryl methyl sites for hydroxylation is 1. The van der Waals surface area contributed by atoms with Crippen molar-refractivity contribution in [3.05, 3.63) is 51.7 Å². The van der Waals surface area contributed by atoms with Gasteiger partial charge < -0.3 is 19.5 Å². The molecular weight excluding hydrogens is 400 g/mol. The molecule has 0 fully saturated rings. The number of ether oxygens (including phenoxy) is 2. The van der Waals surface area contributed by atoms with Crippen LogP contribution in [0, 0.1) is 6.92 Å². The van der Waals surface area contributed by atoms with Gasteiger partial charge in [0.05, 0.1) is 25.3 Å². The third-order valence-electron chi connectivity index (χ3n) is 5.31. The van der Waals surface area contributed by atoms with Crippen LogP contribution in [0.3, 0.4) is 0 Å². The zero-order chi connectivity index (χ0) is 21.5. The van der Waals surface area contributed by atoms with Gasteiger partial charge in [0.1, 0.15) is 12.4 Å². The predicted octanol–water partition coefficient (Wildman–Crippen LogP) is 2.89. The van der Waals surface area contributed by atoms with Crippen molar-refractivity contribution in [3.8, 4) is 5.75 Å². The van der Waals surface area contributed by atoms with Gasteiger partial charge in [-0.2, -0.15) is 0 Å². The van der Waals surface area contributed by atoms with Gasteiger partial charge in [0.2, 0.25) is 5.91 Å². The number of methoxy groups -OCH3 is 1. The number of benzene rings is 1. The van der Waals surface area contributed by atoms with E-state index in [2.05, 4.69) is 11.4 Å². The molecule has 0 aliphatic carbocycles. The molecule has 1 aromatic heterocycles. The van der Waals surface area contributed by atoms with E-state index in [1.807, 2.05) is 41.0 Å². The van der Waals surface area contributed by atoms with E-state index in [0.29, 0.717) is 32.8 Å². The van der Waals surface area contributed by atoms with Crippen molar-refractivity contribution in [3.63, 3.8) is 0 Å². The number of aliphatic hydroxyl groups is 1. The number of nitrogens with zero attached hydrogens (tertiary/aromatic N) is 2. The van der Waals surface area contributed by atoms with Crippen molar-refractivity contribution in [2.45, 2.75) is 32.4 Å². The number of hydrogen-bond donors (Lipinski definition) is 1. The lowest BCUT2D eigenvalue weighted by molar-refractivity contribution is -0.136. The van der Waals surface area contributed by atoms with Gasteiger partial charge in [-0.1, -0.05) is 12.1 Å². The quantitative estimate of drug-likeness (QED) is 0.626. The number of carbonyl (C=O) groups is 1. The van der Waals surface area contributed by atoms with Crippen LogP contribution in [-0.4, -0.2) is 73.4 Å². The summed E-state index contributed by atoms with van der Waals surface area (Å²) in [5.74, 6) is 0.877. The van der Waals surface area contributed by atoms with Crippen LogP contribution in [-0.2, 0) is 16.0 Å². The molecule has 2 atom stereocenters. The van der Waals surface area contributed by atoms with E-state index in [1.165, 1.54) is 10.4 Å². The maximum absolute atomic E-state index is 13.3. The average Bonchev–Trinajstić information content (AvgIpc) is 3.18. The van der Waals surface area contributed by atoms with E-state index >= 15 is 0 Å². The summed E-state index contributed by atoms with van der Waals surface area (Å²) in [5, 5.41) is 11.9. The van der Waals surface area contributed by atoms with E-state index in [1.54, 1.807) is 25.4 Å². The monoisotopic (exact) mass is 432 g/mol. The molecule has 6 nitrogen and oxygen atoms in total. The van der Waals surface area contributed by atoms with Crippen LogP contribution < -0.4 is 4.74 Å². The number of fused-ring (bicyclic) bond motifs is 1. The maximum atomic E-state index is 13.3. The first-order valence-corrected chi connectivity index (χ1v) is 11.3. The van der Waals surface area contributed by atoms with Crippen LogP contribution in [0.5, 0.6) is 5.75 Å². The van der Waals surface area contributed by atoms with Crippen molar-refractivity contribution < 1.29 is 19.4 Å². The highest BCUT2D eigenvalue weighted by Gasteiger charge is 2.33. The smallest absolute Gasteiger partial charge is 0.237 e. The van der Waals surface area contributed by atoms with Crippen molar-refractivity contribution in [1.82, 2.24) is 9.80 Å². The summed E-state index contributed by atoms with van der Waals surface area (Å²) in [6.45, 7) is 6.71. The normalized spacial score (nSPS) is 17.1. The molecule has 0 spiro atoms. The summed E-state index contributed by atoms with van der Waals surface area (Å²) in [7, 11) is 1.64. The van der Waals surface area contributed by atoms with Gasteiger partial charge in [-0.25, -0.2) is 0 Å². The van der Waals surface area contributed by atoms with E-state index in [9.17, 15) is 9.90 Å². The summed E-state index contributed by atoms with van der Waals surface area (Å²) in [4.78, 5) is 18.5. The highest BCUT2D eigenvalue weighted by Crippen LogP contribution is 2.34. The largest absolute Gasteiger partial charge is 0.491 e. The van der Waals surface area contributed by atoms with E-state index in [0.717, 1.165) is 17.7 Å². The molecule has 1 aliphatic heterocycles. The van der Waals surface area contributed by atoms with Crippen LogP contribution in [0.1, 0.15) is 29.0 Å². The second kappa shape index (κ2) is 10.9. The summed E-state index contributed by atoms with van der Waals surface area (Å²) in [6, 6.07) is 9.99. The number of aliphatic hydroxyl groups excluding tert-OH is 1. The fourth-order valence-corrected chi connectivity index (χ4v) is 4.79. The molecule has 0 saturated carbocycles. The van der Waals surface area contributed by atoms with Gasteiger partial charge in [0.15, 0.2) is 0 Å². The molecule has 0 unspecified atom stereocenters. The first kappa shape index (κ1) is 22.7. The van der Waals surface area contributed by atoms with Crippen molar-refractivity contribution in [1.29, 1.82) is 0 Å². The number of hydrogen-bond acceptors (Lipinski definition) is 6. The zero-order valence-electron chi connectivity index (χ0n) is 18.0. The Hall–Kier alpha value is -1.93. The Kier molecular flexibility index (Phi) is 8.27. The highest BCUT2D eigenvalue weighted by molar-refractivity contribution is 7.10. The number of carbonyl (C=O) groups excluding carboxylic acids is 1. The molecule has 1 aromatic carbocycles. The van der Waals surface area contributed by atoms with Gasteiger partial charge in [-0.05, 0) is 55.0 Å². The van der Waals surface area contributed by atoms with Crippen LogP contribution in [0.15, 0.2) is 35.7 Å². The topological polar surface area (TPSA) is 62.2 Å². The minimum atomic E-state index is -0.500. The molecule has 2 heterocycles. The minimum Gasteiger partial charge on any atom is -0.491 e. The van der Waals surface area contributed by atoms with Crippen molar-refractivity contribution in [2.24, 2.45) is 0 Å². The summed E-state index contributed by atoms with van der Waals surface area (Å²) >= 11 is 1.75. The molecule has 0 bridgehead atoms. The molecule has 1 N–H and O–H groups in total. The number of amides is 1. The Morgan fingerprint density at radius 3 is 2.97 bits per heavy atom. The zero-order valence-corrected chi connectivity index (χ0v) is 18.9. The highest BCUT2D eigenvalue weighted by atomic mass is 32.1. The van der Waals surface area contributed by atoms with Crippen molar-refractivity contribution >= 4 is 17.2 Å². The Morgan fingerprint density at radius 2 is 2.23 bits per heavy atom. The van der Waals surface area contributed by atoms with Crippen LogP contribution in [0.25, 0.3) is 0 Å². The summed E-state index contributed by atoms with van der Waals surface area (Å²) in [5.41, 5.74) is 2.33. The van der Waals surface area contributed by atoms with Gasteiger partial charge >= 0.3 is 0 Å². The Bertz CT molecular complexity index is 823. The third kappa shape index (κ3) is 6.04. The van der Waals surface area contributed by atoms with Crippen molar-refractivity contribution in [2.75, 3.05) is 46.5 Å². The van der Waals surface area contributed by atoms with E-state index < -0.39 is 6.10 Å². The lowest BCUT2D eigenvalue weighted by atomic mass is 10.0. The Morgan fingerprint density at radius 1 is 1.40 bits per heavy atom. The van der Waals surface area contributed by atoms with E-state index in [-0.39, 0.29) is 18.5 Å². The van der Waals surface area contributed by atoms with Crippen LogP contribution in [0.2, 0.25) is 0 Å². The van der Waals surface area contributed by atoms with Gasteiger partial charge in [0.25, 0.3) is 0 Å². The molecule has 1 amide bonds. The van der Waals surface area contributed by atoms with Gasteiger partial charge in [0, 0.05) is 31.6 Å². The maximum Gasteiger partial charge on any atom is 0.237 e. The van der Waals surface area contributed by atoms with Crippen LogP contribution >= 0.6 is 11.3 Å². The number of rotatable bonds is 10. The third-order valence-corrected chi connectivity index (χ3v) is 6.30. The standard InChI is InChI=1S/C23H32N2O4S/c1-17-5-4-6-19(13-17)29-16-21-20-8-12-30-22(20)7-9-25(21)23(27)15-24(10-11-28-3)14-18(2)26/h4-6,8,12-13,18,21,26H,7,9-11,14-16H2,1-3H3/t18-,21+/m0/s1. The second-order valence-electron chi connectivity index (χ2n) is 7.86. The molecule has 0 radical (unpaired) electrons. The fourth-order valence-electron chi connectivity index (χ4n) is 3.87. The SMILES string of the molecule is COCCN(CC(=O)N1CCc2sccc2[C@H]1COc1cccc(C)c1)C[C@H](C)O.